The van der Waals surface area contributed by atoms with Crippen LogP contribution in [-0.2, 0) is 17.9 Å². The zero-order valence-electron chi connectivity index (χ0n) is 13.2. The summed E-state index contributed by atoms with van der Waals surface area (Å²) in [5.74, 6) is -4.74. The summed E-state index contributed by atoms with van der Waals surface area (Å²) in [5.41, 5.74) is 0.0692. The smallest absolute Gasteiger partial charge is 0.328 e. The van der Waals surface area contributed by atoms with Gasteiger partial charge in [-0.2, -0.15) is 0 Å². The Kier molecular flexibility index (Phi) is 4.36. The lowest BCUT2D eigenvalue weighted by Crippen LogP contribution is -2.31. The largest absolute Gasteiger partial charge is 0.376 e. The Morgan fingerprint density at radius 2 is 1.92 bits per heavy atom. The van der Waals surface area contributed by atoms with Crippen molar-refractivity contribution in [3.8, 4) is 0 Å². The molecule has 1 saturated carbocycles. The van der Waals surface area contributed by atoms with Gasteiger partial charge < -0.3 is 4.74 Å². The summed E-state index contributed by atoms with van der Waals surface area (Å²) in [7, 11) is 0. The van der Waals surface area contributed by atoms with Crippen molar-refractivity contribution in [3.63, 3.8) is 0 Å². The van der Waals surface area contributed by atoms with Crippen molar-refractivity contribution in [2.45, 2.75) is 26.0 Å². The average molecular weight is 336 g/mol. The molecule has 1 aromatic heterocycles. The predicted octanol–water partition coefficient (Wildman–Crippen LogP) is 1.94. The van der Waals surface area contributed by atoms with E-state index >= 15 is 0 Å². The second kappa shape index (κ2) is 6.32. The van der Waals surface area contributed by atoms with E-state index in [1.54, 1.807) is 0 Å². The van der Waals surface area contributed by atoms with Gasteiger partial charge in [0.25, 0.3) is 11.5 Å². The second-order valence-electron chi connectivity index (χ2n) is 6.11. The summed E-state index contributed by atoms with van der Waals surface area (Å²) in [5, 5.41) is 0. The Labute approximate surface area is 136 Å². The molecule has 0 spiro atoms. The van der Waals surface area contributed by atoms with Gasteiger partial charge in [-0.3, -0.25) is 14.3 Å². The maximum absolute atomic E-state index is 13.9. The van der Waals surface area contributed by atoms with Crippen LogP contribution in [-0.4, -0.2) is 22.1 Å². The molecule has 0 unspecified atom stereocenters. The quantitative estimate of drug-likeness (QED) is 0.877. The van der Waals surface area contributed by atoms with Crippen molar-refractivity contribution >= 4 is 0 Å². The maximum atomic E-state index is 13.9. The van der Waals surface area contributed by atoms with Gasteiger partial charge in [0.1, 0.15) is 0 Å². The lowest BCUT2D eigenvalue weighted by molar-refractivity contribution is 0.0454. The monoisotopic (exact) mass is 336 g/mol. The molecule has 0 aliphatic heterocycles. The van der Waals surface area contributed by atoms with Gasteiger partial charge in [-0.15, -0.1) is 0 Å². The molecule has 0 saturated heterocycles. The molecule has 2 atom stereocenters. The molecule has 1 N–H and O–H groups in total. The summed E-state index contributed by atoms with van der Waals surface area (Å²) < 4.78 is 34.4. The standard InChI is InChI=1S/C17H18F2N2O3/c1-11-7-21(16(23)20-15(11)22)8-13-14(17(13,18)19)10-24-9-12-5-3-2-4-6-12/h2-7,13-14H,8-10H2,1H3,(H,20,22,23)/t13-,14+/m1/s1. The fourth-order valence-corrected chi connectivity index (χ4v) is 2.78. The number of alkyl halides is 2. The third-order valence-electron chi connectivity index (χ3n) is 4.36. The van der Waals surface area contributed by atoms with Crippen LogP contribution in [0.25, 0.3) is 0 Å². The number of rotatable bonds is 6. The van der Waals surface area contributed by atoms with Crippen molar-refractivity contribution < 1.29 is 13.5 Å². The Morgan fingerprint density at radius 1 is 1.21 bits per heavy atom. The van der Waals surface area contributed by atoms with Crippen LogP contribution in [0.15, 0.2) is 46.1 Å². The number of halogens is 2. The van der Waals surface area contributed by atoms with E-state index in [0.29, 0.717) is 5.56 Å². The molecule has 1 heterocycles. The van der Waals surface area contributed by atoms with E-state index < -0.39 is 29.0 Å². The van der Waals surface area contributed by atoms with E-state index in [2.05, 4.69) is 4.98 Å². The van der Waals surface area contributed by atoms with Gasteiger partial charge >= 0.3 is 5.69 Å². The lowest BCUT2D eigenvalue weighted by Gasteiger charge is -2.05. The first-order valence-corrected chi connectivity index (χ1v) is 7.69. The minimum Gasteiger partial charge on any atom is -0.376 e. The highest BCUT2D eigenvalue weighted by Gasteiger charge is 2.67. The van der Waals surface area contributed by atoms with Crippen molar-refractivity contribution in [3.05, 3.63) is 68.5 Å². The number of aryl methyl sites for hydroxylation is 1. The molecule has 3 rings (SSSR count). The van der Waals surface area contributed by atoms with Crippen LogP contribution in [0.5, 0.6) is 0 Å². The second-order valence-corrected chi connectivity index (χ2v) is 6.11. The van der Waals surface area contributed by atoms with E-state index in [4.69, 9.17) is 4.74 Å². The van der Waals surface area contributed by atoms with Crippen LogP contribution in [0.1, 0.15) is 11.1 Å². The Morgan fingerprint density at radius 3 is 2.62 bits per heavy atom. The fraction of sp³-hybridized carbons (Fsp3) is 0.412. The summed E-state index contributed by atoms with van der Waals surface area (Å²) >= 11 is 0. The SMILES string of the molecule is Cc1cn(C[C@@H]2[C@H](COCc3ccccc3)C2(F)F)c(=O)[nH]c1=O. The minimum absolute atomic E-state index is 0.0658. The summed E-state index contributed by atoms with van der Waals surface area (Å²) in [6, 6.07) is 9.32. The van der Waals surface area contributed by atoms with E-state index in [1.165, 1.54) is 13.1 Å². The van der Waals surface area contributed by atoms with E-state index in [-0.39, 0.29) is 19.8 Å². The fourth-order valence-electron chi connectivity index (χ4n) is 2.78. The molecule has 0 amide bonds. The highest BCUT2D eigenvalue weighted by atomic mass is 19.3. The number of hydrogen-bond acceptors (Lipinski definition) is 3. The van der Waals surface area contributed by atoms with E-state index in [9.17, 15) is 18.4 Å². The Bertz CT molecular complexity index is 830. The number of aromatic nitrogens is 2. The molecule has 24 heavy (non-hydrogen) atoms. The van der Waals surface area contributed by atoms with Crippen LogP contribution < -0.4 is 11.2 Å². The van der Waals surface area contributed by atoms with Crippen LogP contribution in [0, 0.1) is 18.8 Å². The zero-order chi connectivity index (χ0) is 17.3. The number of nitrogens with zero attached hydrogens (tertiary/aromatic N) is 1. The van der Waals surface area contributed by atoms with Crippen LogP contribution in [0.3, 0.4) is 0 Å². The van der Waals surface area contributed by atoms with Gasteiger partial charge in [-0.05, 0) is 12.5 Å². The third kappa shape index (κ3) is 3.31. The predicted molar refractivity (Wildman–Crippen MR) is 84.1 cm³/mol. The van der Waals surface area contributed by atoms with Crippen molar-refractivity contribution in [2.75, 3.05) is 6.61 Å². The number of nitrogens with one attached hydrogen (secondary N) is 1. The lowest BCUT2D eigenvalue weighted by atomic mass is 10.2. The normalized spacial score (nSPS) is 21.6. The van der Waals surface area contributed by atoms with Crippen molar-refractivity contribution in [2.24, 2.45) is 11.8 Å². The summed E-state index contributed by atoms with van der Waals surface area (Å²) in [6.07, 6.45) is 1.32. The van der Waals surface area contributed by atoms with Crippen LogP contribution in [0.2, 0.25) is 0 Å². The molecule has 1 aliphatic carbocycles. The number of hydrogen-bond donors (Lipinski definition) is 1. The zero-order valence-corrected chi connectivity index (χ0v) is 13.2. The van der Waals surface area contributed by atoms with Gasteiger partial charge in [0.05, 0.1) is 25.0 Å². The third-order valence-corrected chi connectivity index (χ3v) is 4.36. The first-order valence-electron chi connectivity index (χ1n) is 7.69. The van der Waals surface area contributed by atoms with E-state index in [1.807, 2.05) is 30.3 Å². The van der Waals surface area contributed by atoms with Crippen LogP contribution in [0.4, 0.5) is 8.78 Å². The molecule has 2 aromatic rings. The van der Waals surface area contributed by atoms with Crippen molar-refractivity contribution in [1.29, 1.82) is 0 Å². The number of aromatic amines is 1. The number of H-pyrrole nitrogens is 1. The topological polar surface area (TPSA) is 64.1 Å². The molecule has 5 nitrogen and oxygen atoms in total. The number of benzene rings is 1. The molecule has 128 valence electrons. The first-order chi connectivity index (χ1) is 11.4. The Balaban J connectivity index is 1.60. The van der Waals surface area contributed by atoms with E-state index in [0.717, 1.165) is 10.1 Å². The van der Waals surface area contributed by atoms with Gasteiger partial charge in [0, 0.05) is 18.3 Å². The molecule has 1 aromatic carbocycles. The van der Waals surface area contributed by atoms with Gasteiger partial charge in [0.15, 0.2) is 0 Å². The molecule has 0 bridgehead atoms. The summed E-state index contributed by atoms with van der Waals surface area (Å²) in [6.45, 7) is 1.60. The summed E-state index contributed by atoms with van der Waals surface area (Å²) in [4.78, 5) is 25.2. The molecule has 0 radical (unpaired) electrons. The maximum Gasteiger partial charge on any atom is 0.328 e. The Hall–Kier alpha value is -2.28. The average Bonchev–Trinajstić information content (AvgIpc) is 3.06. The molecular formula is C17H18F2N2O3. The minimum atomic E-state index is -2.86. The molecule has 1 aliphatic rings. The molecule has 7 heteroatoms. The molecule has 1 fully saturated rings. The highest BCUT2D eigenvalue weighted by Crippen LogP contribution is 2.56. The van der Waals surface area contributed by atoms with Gasteiger partial charge in [-0.1, -0.05) is 30.3 Å². The molecular weight excluding hydrogens is 318 g/mol. The van der Waals surface area contributed by atoms with Gasteiger partial charge in [-0.25, -0.2) is 13.6 Å². The van der Waals surface area contributed by atoms with Crippen molar-refractivity contribution in [1.82, 2.24) is 9.55 Å². The first kappa shape index (κ1) is 16.6. The highest BCUT2D eigenvalue weighted by molar-refractivity contribution is 5.13. The number of ether oxygens (including phenoxy) is 1. The van der Waals surface area contributed by atoms with Crippen LogP contribution >= 0.6 is 0 Å². The van der Waals surface area contributed by atoms with Gasteiger partial charge in [0.2, 0.25) is 0 Å².